The third kappa shape index (κ3) is 6.32. The number of benzene rings is 3. The number of hydrogen-bond donors (Lipinski definition) is 2. The van der Waals surface area contributed by atoms with Crippen LogP contribution in [0.5, 0.6) is 0 Å². The van der Waals surface area contributed by atoms with E-state index in [1.807, 2.05) is 73.7 Å². The molecule has 1 aromatic heterocycles. The standard InChI is InChI=1S/C27H25N3O5/c1-18-9-8-14-21-24(18)29-23(30-25(21)31)17-34-26(32)22(15-19-10-4-2-5-11-19)28-27(33)35-16-20-12-6-3-7-13-20/h2-14,22H,15-17H2,1H3,(H,28,33)(H,29,30,31)/t22-/m0/s1. The zero-order valence-electron chi connectivity index (χ0n) is 19.2. The molecular weight excluding hydrogens is 446 g/mol. The monoisotopic (exact) mass is 471 g/mol. The van der Waals surface area contributed by atoms with Crippen LogP contribution >= 0.6 is 0 Å². The molecule has 0 aliphatic carbocycles. The molecule has 0 bridgehead atoms. The molecule has 0 spiro atoms. The molecule has 1 atom stereocenters. The first-order chi connectivity index (χ1) is 17.0. The van der Waals surface area contributed by atoms with Gasteiger partial charge in [-0.05, 0) is 29.7 Å². The summed E-state index contributed by atoms with van der Waals surface area (Å²) in [5.74, 6) is -0.451. The van der Waals surface area contributed by atoms with E-state index < -0.39 is 18.1 Å². The highest BCUT2D eigenvalue weighted by Gasteiger charge is 2.24. The number of rotatable bonds is 8. The maximum atomic E-state index is 12.9. The quantitative estimate of drug-likeness (QED) is 0.378. The molecule has 1 heterocycles. The minimum Gasteiger partial charge on any atom is -0.456 e. The molecule has 0 aliphatic heterocycles. The van der Waals surface area contributed by atoms with Gasteiger partial charge in [-0.2, -0.15) is 0 Å². The summed E-state index contributed by atoms with van der Waals surface area (Å²) in [5, 5.41) is 3.06. The fourth-order valence-corrected chi connectivity index (χ4v) is 3.61. The topological polar surface area (TPSA) is 110 Å². The fourth-order valence-electron chi connectivity index (χ4n) is 3.61. The van der Waals surface area contributed by atoms with Crippen LogP contribution in [0.25, 0.3) is 10.9 Å². The van der Waals surface area contributed by atoms with Crippen molar-refractivity contribution in [3.05, 3.63) is 112 Å². The zero-order chi connectivity index (χ0) is 24.6. The van der Waals surface area contributed by atoms with Crippen molar-refractivity contribution in [2.75, 3.05) is 0 Å². The number of carbonyl (C=O) groups is 2. The number of aromatic amines is 1. The van der Waals surface area contributed by atoms with Crippen LogP contribution < -0.4 is 10.9 Å². The van der Waals surface area contributed by atoms with Crippen molar-refractivity contribution in [2.45, 2.75) is 32.6 Å². The Bertz CT molecular complexity index is 1370. The highest BCUT2D eigenvalue weighted by molar-refractivity contribution is 5.82. The normalized spacial score (nSPS) is 11.6. The molecule has 0 radical (unpaired) electrons. The molecule has 0 aliphatic rings. The summed E-state index contributed by atoms with van der Waals surface area (Å²) in [5.41, 5.74) is 2.74. The lowest BCUT2D eigenvalue weighted by Crippen LogP contribution is -2.43. The molecule has 2 N–H and O–H groups in total. The second-order valence-electron chi connectivity index (χ2n) is 8.04. The number of aryl methyl sites for hydroxylation is 1. The first kappa shape index (κ1) is 23.7. The molecular formula is C27H25N3O5. The molecule has 0 fully saturated rings. The van der Waals surface area contributed by atoms with Crippen LogP contribution in [0.2, 0.25) is 0 Å². The maximum Gasteiger partial charge on any atom is 0.408 e. The third-order valence-corrected chi connectivity index (χ3v) is 5.41. The van der Waals surface area contributed by atoms with Crippen LogP contribution in [0.1, 0.15) is 22.5 Å². The molecule has 8 heteroatoms. The number of ether oxygens (including phenoxy) is 2. The highest BCUT2D eigenvalue weighted by atomic mass is 16.6. The number of aromatic nitrogens is 2. The first-order valence-corrected chi connectivity index (χ1v) is 11.2. The van der Waals surface area contributed by atoms with Gasteiger partial charge in [0.2, 0.25) is 0 Å². The molecule has 0 saturated carbocycles. The van der Waals surface area contributed by atoms with Crippen LogP contribution in [-0.2, 0) is 33.9 Å². The summed E-state index contributed by atoms with van der Waals surface area (Å²) in [6.07, 6.45) is -0.527. The Morgan fingerprint density at radius 1 is 0.886 bits per heavy atom. The molecule has 1 amide bonds. The number of nitrogens with zero attached hydrogens (tertiary/aromatic N) is 1. The molecule has 8 nitrogen and oxygen atoms in total. The van der Waals surface area contributed by atoms with Crippen LogP contribution in [0.4, 0.5) is 4.79 Å². The average molecular weight is 472 g/mol. The number of amides is 1. The Morgan fingerprint density at radius 3 is 2.29 bits per heavy atom. The average Bonchev–Trinajstić information content (AvgIpc) is 2.87. The predicted molar refractivity (Wildman–Crippen MR) is 131 cm³/mol. The zero-order valence-corrected chi connectivity index (χ0v) is 19.2. The van der Waals surface area contributed by atoms with E-state index in [1.54, 1.807) is 12.1 Å². The van der Waals surface area contributed by atoms with Gasteiger partial charge in [0.05, 0.1) is 10.9 Å². The van der Waals surface area contributed by atoms with Crippen LogP contribution in [0.15, 0.2) is 83.7 Å². The summed E-state index contributed by atoms with van der Waals surface area (Å²) < 4.78 is 10.7. The summed E-state index contributed by atoms with van der Waals surface area (Å²) >= 11 is 0. The Hall–Kier alpha value is -4.46. The van der Waals surface area contributed by atoms with E-state index in [2.05, 4.69) is 15.3 Å². The van der Waals surface area contributed by atoms with Gasteiger partial charge in [0.25, 0.3) is 5.56 Å². The number of para-hydroxylation sites is 1. The number of hydrogen-bond acceptors (Lipinski definition) is 6. The van der Waals surface area contributed by atoms with Gasteiger partial charge in [-0.3, -0.25) is 4.79 Å². The molecule has 178 valence electrons. The number of fused-ring (bicyclic) bond motifs is 1. The van der Waals surface area contributed by atoms with Gasteiger partial charge in [0, 0.05) is 6.42 Å². The van der Waals surface area contributed by atoms with Gasteiger partial charge in [-0.1, -0.05) is 72.8 Å². The van der Waals surface area contributed by atoms with Crippen LogP contribution in [0.3, 0.4) is 0 Å². The van der Waals surface area contributed by atoms with Gasteiger partial charge in [-0.25, -0.2) is 14.6 Å². The second kappa shape index (κ2) is 11.1. The molecule has 0 unspecified atom stereocenters. The summed E-state index contributed by atoms with van der Waals surface area (Å²) in [7, 11) is 0. The molecule has 4 rings (SSSR count). The van der Waals surface area contributed by atoms with Crippen molar-refractivity contribution in [2.24, 2.45) is 0 Å². The van der Waals surface area contributed by atoms with Crippen molar-refractivity contribution in [1.82, 2.24) is 15.3 Å². The van der Waals surface area contributed by atoms with Crippen LogP contribution in [0, 0.1) is 6.92 Å². The lowest BCUT2D eigenvalue weighted by Gasteiger charge is -2.18. The van der Waals surface area contributed by atoms with Gasteiger partial charge < -0.3 is 19.8 Å². The van der Waals surface area contributed by atoms with Crippen molar-refractivity contribution < 1.29 is 19.1 Å². The lowest BCUT2D eigenvalue weighted by molar-refractivity contribution is -0.147. The highest BCUT2D eigenvalue weighted by Crippen LogP contribution is 2.13. The van der Waals surface area contributed by atoms with Gasteiger partial charge in [0.1, 0.15) is 25.1 Å². The Labute approximate surface area is 201 Å². The van der Waals surface area contributed by atoms with Crippen molar-refractivity contribution in [3.63, 3.8) is 0 Å². The largest absolute Gasteiger partial charge is 0.456 e. The minimum atomic E-state index is -0.991. The van der Waals surface area contributed by atoms with E-state index >= 15 is 0 Å². The maximum absolute atomic E-state index is 12.9. The first-order valence-electron chi connectivity index (χ1n) is 11.2. The second-order valence-corrected chi connectivity index (χ2v) is 8.04. The molecule has 0 saturated heterocycles. The van der Waals surface area contributed by atoms with Crippen molar-refractivity contribution >= 4 is 23.0 Å². The van der Waals surface area contributed by atoms with E-state index in [0.717, 1.165) is 16.7 Å². The SMILES string of the molecule is Cc1cccc2c(=O)[nH]c(COC(=O)[C@H](Cc3ccccc3)NC(=O)OCc3ccccc3)nc12. The van der Waals surface area contributed by atoms with Crippen molar-refractivity contribution in [1.29, 1.82) is 0 Å². The van der Waals surface area contributed by atoms with Gasteiger partial charge in [0.15, 0.2) is 0 Å². The lowest BCUT2D eigenvalue weighted by atomic mass is 10.1. The fraction of sp³-hybridized carbons (Fsp3) is 0.185. The molecule has 35 heavy (non-hydrogen) atoms. The van der Waals surface area contributed by atoms with Crippen LogP contribution in [-0.4, -0.2) is 28.1 Å². The van der Waals surface area contributed by atoms with E-state index in [0.29, 0.717) is 10.9 Å². The number of nitrogens with one attached hydrogen (secondary N) is 2. The number of carbonyl (C=O) groups excluding carboxylic acids is 2. The summed E-state index contributed by atoms with van der Waals surface area (Å²) in [6.45, 7) is 1.68. The Balaban J connectivity index is 1.44. The third-order valence-electron chi connectivity index (χ3n) is 5.41. The molecule has 3 aromatic carbocycles. The Morgan fingerprint density at radius 2 is 1.57 bits per heavy atom. The van der Waals surface area contributed by atoms with E-state index in [4.69, 9.17) is 9.47 Å². The van der Waals surface area contributed by atoms with Gasteiger partial charge in [-0.15, -0.1) is 0 Å². The number of H-pyrrole nitrogens is 1. The van der Waals surface area contributed by atoms with E-state index in [-0.39, 0.29) is 31.0 Å². The van der Waals surface area contributed by atoms with E-state index in [9.17, 15) is 14.4 Å². The Kier molecular flexibility index (Phi) is 7.52. The predicted octanol–water partition coefficient (Wildman–Crippen LogP) is 3.81. The minimum absolute atomic E-state index is 0.0708. The summed E-state index contributed by atoms with van der Waals surface area (Å²) in [4.78, 5) is 44.8. The smallest absolute Gasteiger partial charge is 0.408 e. The number of esters is 1. The number of alkyl carbamates (subject to hydrolysis) is 1. The summed E-state index contributed by atoms with van der Waals surface area (Å²) in [6, 6.07) is 22.8. The van der Waals surface area contributed by atoms with Gasteiger partial charge >= 0.3 is 12.1 Å². The van der Waals surface area contributed by atoms with Crippen molar-refractivity contribution in [3.8, 4) is 0 Å². The van der Waals surface area contributed by atoms with E-state index in [1.165, 1.54) is 0 Å². The molecule has 4 aromatic rings.